The van der Waals surface area contributed by atoms with Crippen molar-refractivity contribution in [2.45, 2.75) is 83.3 Å². The number of hydrogen-bond acceptors (Lipinski definition) is 2. The van der Waals surface area contributed by atoms with E-state index in [0.717, 1.165) is 37.6 Å². The molecule has 0 spiro atoms. The molecule has 8 atom stereocenters. The molecule has 0 saturated heterocycles. The summed E-state index contributed by atoms with van der Waals surface area (Å²) in [6, 6.07) is 0. The lowest BCUT2D eigenvalue weighted by Gasteiger charge is -2.57. The number of rotatable bonds is 4. The van der Waals surface area contributed by atoms with Gasteiger partial charge in [0.25, 0.3) is 6.43 Å². The highest BCUT2D eigenvalue weighted by Crippen LogP contribution is 2.65. The Bertz CT molecular complexity index is 780. The number of allylic oxidation sites excluding steroid dienone is 1. The number of alkyl halides is 2. The number of hydrogen-bond donors (Lipinski definition) is 1. The summed E-state index contributed by atoms with van der Waals surface area (Å²) in [4.78, 5) is 4.17. The zero-order valence-electron chi connectivity index (χ0n) is 18.1. The Kier molecular flexibility index (Phi) is 5.11. The lowest BCUT2D eigenvalue weighted by atomic mass is 9.48. The average molecular weight is 419 g/mol. The number of nitrogens with zero attached hydrogens (tertiary/aromatic N) is 2. The Morgan fingerprint density at radius 3 is 2.67 bits per heavy atom. The van der Waals surface area contributed by atoms with Gasteiger partial charge in [-0.05, 0) is 98.7 Å². The predicted octanol–water partition coefficient (Wildman–Crippen LogP) is 5.70. The molecule has 0 radical (unpaired) electrons. The SMILES string of the molecule is C=C(Cn1ccnc1)[C@H]1CC[C@H]2[C@@H]3CC[C@@H]4C[C@@](O)(C(F)F)CC[C@@H]4[C@H]3CC[C@]12C. The van der Waals surface area contributed by atoms with Crippen molar-refractivity contribution in [1.82, 2.24) is 9.55 Å². The molecular formula is C25H36F2N2O. The van der Waals surface area contributed by atoms with E-state index >= 15 is 0 Å². The molecule has 0 bridgehead atoms. The number of aliphatic hydroxyl groups is 1. The molecule has 5 rings (SSSR count). The van der Waals surface area contributed by atoms with Crippen LogP contribution in [0.4, 0.5) is 8.78 Å². The van der Waals surface area contributed by atoms with Gasteiger partial charge in [-0.15, -0.1) is 0 Å². The van der Waals surface area contributed by atoms with E-state index in [0.29, 0.717) is 29.6 Å². The van der Waals surface area contributed by atoms with Crippen molar-refractivity contribution >= 4 is 0 Å². The molecule has 30 heavy (non-hydrogen) atoms. The van der Waals surface area contributed by atoms with Crippen LogP contribution in [-0.4, -0.2) is 26.7 Å². The van der Waals surface area contributed by atoms with E-state index in [9.17, 15) is 13.9 Å². The van der Waals surface area contributed by atoms with Crippen molar-refractivity contribution in [3.05, 3.63) is 30.9 Å². The quantitative estimate of drug-likeness (QED) is 0.637. The monoisotopic (exact) mass is 418 g/mol. The largest absolute Gasteiger partial charge is 0.384 e. The molecule has 5 heteroatoms. The fourth-order valence-corrected chi connectivity index (χ4v) is 8.50. The molecule has 1 N–H and O–H groups in total. The molecule has 4 aliphatic carbocycles. The van der Waals surface area contributed by atoms with Gasteiger partial charge in [-0.25, -0.2) is 13.8 Å². The van der Waals surface area contributed by atoms with Gasteiger partial charge in [0.05, 0.1) is 6.33 Å². The maximum Gasteiger partial charge on any atom is 0.266 e. The van der Waals surface area contributed by atoms with Gasteiger partial charge >= 0.3 is 0 Å². The second-order valence-corrected chi connectivity index (χ2v) is 11.2. The van der Waals surface area contributed by atoms with Crippen LogP contribution in [0.3, 0.4) is 0 Å². The maximum atomic E-state index is 13.4. The van der Waals surface area contributed by atoms with Crippen LogP contribution in [0.1, 0.15) is 64.7 Å². The fourth-order valence-electron chi connectivity index (χ4n) is 8.50. The Balaban J connectivity index is 1.30. The zero-order valence-corrected chi connectivity index (χ0v) is 18.1. The molecule has 4 saturated carbocycles. The Morgan fingerprint density at radius 2 is 1.93 bits per heavy atom. The lowest BCUT2D eigenvalue weighted by Crippen LogP contribution is -2.52. The molecule has 1 heterocycles. The standard InChI is InChI=1S/C25H36F2N2O/c1-16(14-29-12-11-28-15-29)21-5-6-22-20-4-3-17-13-25(30,23(26)27)10-8-18(17)19(20)7-9-24(21,22)2/h11-12,15,17-23,30H,1,3-10,13-14H2,2H3/t17-,18+,19-,20-,21-,22+,24-,25-/m1/s1. The Morgan fingerprint density at radius 1 is 1.13 bits per heavy atom. The minimum absolute atomic E-state index is 0.279. The molecule has 0 aliphatic heterocycles. The van der Waals surface area contributed by atoms with Crippen LogP contribution < -0.4 is 0 Å². The lowest BCUT2D eigenvalue weighted by molar-refractivity contribution is -0.158. The maximum absolute atomic E-state index is 13.4. The van der Waals surface area contributed by atoms with Gasteiger partial charge in [-0.2, -0.15) is 0 Å². The van der Waals surface area contributed by atoms with E-state index in [2.05, 4.69) is 23.1 Å². The van der Waals surface area contributed by atoms with E-state index in [4.69, 9.17) is 0 Å². The topological polar surface area (TPSA) is 38.0 Å². The van der Waals surface area contributed by atoms with Crippen LogP contribution in [0.5, 0.6) is 0 Å². The normalized spacial score (nSPS) is 45.6. The molecular weight excluding hydrogens is 382 g/mol. The van der Waals surface area contributed by atoms with E-state index in [1.54, 1.807) is 0 Å². The molecule has 4 aliphatic rings. The van der Waals surface area contributed by atoms with Crippen LogP contribution in [0.25, 0.3) is 0 Å². The smallest absolute Gasteiger partial charge is 0.266 e. The van der Waals surface area contributed by atoms with Gasteiger partial charge in [0.1, 0.15) is 5.60 Å². The third-order valence-electron chi connectivity index (χ3n) is 9.89. The molecule has 0 unspecified atom stereocenters. The van der Waals surface area contributed by atoms with E-state index in [1.165, 1.54) is 31.3 Å². The molecule has 1 aromatic heterocycles. The molecule has 4 fully saturated rings. The van der Waals surface area contributed by atoms with Crippen molar-refractivity contribution in [1.29, 1.82) is 0 Å². The van der Waals surface area contributed by atoms with Crippen molar-refractivity contribution in [2.24, 2.45) is 40.9 Å². The molecule has 0 amide bonds. The number of aromatic nitrogens is 2. The van der Waals surface area contributed by atoms with Gasteiger partial charge in [0.15, 0.2) is 0 Å². The fraction of sp³-hybridized carbons (Fsp3) is 0.800. The van der Waals surface area contributed by atoms with Gasteiger partial charge in [-0.3, -0.25) is 0 Å². The van der Waals surface area contributed by atoms with Gasteiger partial charge in [-0.1, -0.05) is 19.1 Å². The van der Waals surface area contributed by atoms with E-state index in [-0.39, 0.29) is 12.3 Å². The first-order chi connectivity index (χ1) is 14.3. The van der Waals surface area contributed by atoms with Gasteiger partial charge in [0, 0.05) is 18.9 Å². The summed E-state index contributed by atoms with van der Waals surface area (Å²) in [6.07, 6.45) is 11.6. The molecule has 1 aromatic rings. The zero-order chi connectivity index (χ0) is 21.1. The van der Waals surface area contributed by atoms with Crippen LogP contribution in [-0.2, 0) is 6.54 Å². The van der Waals surface area contributed by atoms with E-state index in [1.807, 2.05) is 18.7 Å². The summed E-state index contributed by atoms with van der Waals surface area (Å²) in [5.74, 6) is 3.53. The van der Waals surface area contributed by atoms with Crippen LogP contribution in [0, 0.1) is 40.9 Å². The average Bonchev–Trinajstić information content (AvgIpc) is 3.34. The summed E-state index contributed by atoms with van der Waals surface area (Å²) >= 11 is 0. The number of halogens is 2. The Labute approximate surface area is 179 Å². The summed E-state index contributed by atoms with van der Waals surface area (Å²) < 4.78 is 29.0. The van der Waals surface area contributed by atoms with Crippen molar-refractivity contribution in [3.63, 3.8) is 0 Å². The molecule has 0 aromatic carbocycles. The van der Waals surface area contributed by atoms with E-state index < -0.39 is 12.0 Å². The summed E-state index contributed by atoms with van der Waals surface area (Å²) in [6.45, 7) is 7.87. The summed E-state index contributed by atoms with van der Waals surface area (Å²) in [5, 5.41) is 10.4. The minimum Gasteiger partial charge on any atom is -0.384 e. The predicted molar refractivity (Wildman–Crippen MR) is 113 cm³/mol. The van der Waals surface area contributed by atoms with Gasteiger partial charge in [0.2, 0.25) is 0 Å². The van der Waals surface area contributed by atoms with Crippen molar-refractivity contribution in [2.75, 3.05) is 0 Å². The Hall–Kier alpha value is -1.23. The number of imidazole rings is 1. The first-order valence-corrected chi connectivity index (χ1v) is 12.0. The highest BCUT2D eigenvalue weighted by molar-refractivity contribution is 5.16. The number of fused-ring (bicyclic) bond motifs is 5. The third kappa shape index (κ3) is 3.18. The third-order valence-corrected chi connectivity index (χ3v) is 9.89. The molecule has 166 valence electrons. The first-order valence-electron chi connectivity index (χ1n) is 12.0. The van der Waals surface area contributed by atoms with Crippen LogP contribution >= 0.6 is 0 Å². The van der Waals surface area contributed by atoms with Crippen LogP contribution in [0.15, 0.2) is 30.9 Å². The summed E-state index contributed by atoms with van der Waals surface area (Å²) in [7, 11) is 0. The highest BCUT2D eigenvalue weighted by atomic mass is 19.3. The molecule has 3 nitrogen and oxygen atoms in total. The van der Waals surface area contributed by atoms with Crippen LogP contribution in [0.2, 0.25) is 0 Å². The second kappa shape index (κ2) is 7.43. The highest BCUT2D eigenvalue weighted by Gasteiger charge is 2.58. The first kappa shape index (κ1) is 20.7. The van der Waals surface area contributed by atoms with Crippen molar-refractivity contribution < 1.29 is 13.9 Å². The second-order valence-electron chi connectivity index (χ2n) is 11.2. The van der Waals surface area contributed by atoms with Crippen molar-refractivity contribution in [3.8, 4) is 0 Å². The van der Waals surface area contributed by atoms with Gasteiger partial charge < -0.3 is 9.67 Å². The summed E-state index contributed by atoms with van der Waals surface area (Å²) in [5.41, 5.74) is -0.0742. The minimum atomic E-state index is -2.61.